The van der Waals surface area contributed by atoms with Gasteiger partial charge >= 0.3 is 0 Å². The summed E-state index contributed by atoms with van der Waals surface area (Å²) >= 11 is 0. The van der Waals surface area contributed by atoms with Gasteiger partial charge in [0.25, 0.3) is 0 Å². The van der Waals surface area contributed by atoms with Crippen LogP contribution >= 0.6 is 0 Å². The van der Waals surface area contributed by atoms with E-state index in [0.29, 0.717) is 11.8 Å². The average Bonchev–Trinajstić information content (AvgIpc) is 1.15. The summed E-state index contributed by atoms with van der Waals surface area (Å²) < 4.78 is 0. The van der Waals surface area contributed by atoms with Crippen LogP contribution in [-0.4, -0.2) is 52.2 Å². The number of rotatable bonds is 10. The second-order valence-electron chi connectivity index (χ2n) is 28.2. The molecule has 0 aliphatic carbocycles. The number of nitrogens with zero attached hydrogens (tertiary/aromatic N) is 4. The summed E-state index contributed by atoms with van der Waals surface area (Å²) in [7, 11) is -5.35. The zero-order valence-electron chi connectivity index (χ0n) is 56.8. The van der Waals surface area contributed by atoms with Gasteiger partial charge in [0, 0.05) is 105 Å². The fourth-order valence-electron chi connectivity index (χ4n) is 11.1. The SMILES string of the molecule is CC(C)c1cc(-c2[c-]cc3ccccc3c2)ncc1[Si](C)(C)C.CC(C)c1cc([Si](C)(C)C)cnc1-c1[c-]cc2ccccc2c1.Cc1cc([Si](C)(C)C)cnc1-c1[c-]cc2ccccc2c1.Cc1nc(-c2[c-]cc3ccccc3c2)ccc1[Si](C)(C)C.[Ir].[Ir].[Ir].[Ir]. The fourth-order valence-corrected chi connectivity index (χ4v) is 16.7. The second-order valence-corrected chi connectivity index (χ2v) is 48.5. The maximum Gasteiger partial charge on any atom is 0.0799 e. The fraction of sp³-hybridized carbons (Fsp3) is 0.250. The van der Waals surface area contributed by atoms with Crippen LogP contribution in [-0.2, 0) is 80.4 Å². The number of aromatic nitrogens is 4. The molecule has 0 amide bonds. The predicted octanol–water partition coefficient (Wildman–Crippen LogP) is 19.8. The molecule has 12 rings (SSSR count). The second kappa shape index (κ2) is 33.0. The molecule has 0 unspecified atom stereocenters. The van der Waals surface area contributed by atoms with Gasteiger partial charge in [-0.15, -0.1) is 117 Å². The summed E-state index contributed by atoms with van der Waals surface area (Å²) in [5.41, 5.74) is 13.6. The zero-order valence-corrected chi connectivity index (χ0v) is 70.3. The topological polar surface area (TPSA) is 51.6 Å². The third-order valence-electron chi connectivity index (χ3n) is 16.4. The van der Waals surface area contributed by atoms with Crippen molar-refractivity contribution >= 4 is 96.1 Å². The minimum Gasteiger partial charge on any atom is -0.305 e. The van der Waals surface area contributed by atoms with Gasteiger partial charge in [0.15, 0.2) is 0 Å². The molecule has 0 spiro atoms. The van der Waals surface area contributed by atoms with E-state index in [2.05, 4.69) is 333 Å². The molecule has 0 fully saturated rings. The quantitative estimate of drug-likeness (QED) is 0.101. The Hall–Kier alpha value is -5.14. The Labute approximate surface area is 608 Å². The van der Waals surface area contributed by atoms with Crippen molar-refractivity contribution in [2.24, 2.45) is 0 Å². The van der Waals surface area contributed by atoms with Crippen molar-refractivity contribution in [2.75, 3.05) is 0 Å². The van der Waals surface area contributed by atoms with Gasteiger partial charge in [-0.05, 0) is 69.2 Å². The van der Waals surface area contributed by atoms with E-state index in [1.165, 1.54) is 80.5 Å². The summed E-state index contributed by atoms with van der Waals surface area (Å²) in [6, 6.07) is 75.5. The predicted molar refractivity (Wildman–Crippen MR) is 394 cm³/mol. The van der Waals surface area contributed by atoms with Gasteiger partial charge in [-0.1, -0.05) is 272 Å². The summed E-state index contributed by atoms with van der Waals surface area (Å²) in [6.45, 7) is 41.7. The zero-order chi connectivity index (χ0) is 63.3. The van der Waals surface area contributed by atoms with Crippen LogP contribution in [0.5, 0.6) is 0 Å². The van der Waals surface area contributed by atoms with Crippen molar-refractivity contribution in [1.82, 2.24) is 19.9 Å². The summed E-state index contributed by atoms with van der Waals surface area (Å²) in [6.07, 6.45) is 6.24. The van der Waals surface area contributed by atoms with Gasteiger partial charge in [-0.2, -0.15) is 0 Å². The van der Waals surface area contributed by atoms with E-state index in [1.807, 2.05) is 6.07 Å². The maximum atomic E-state index is 4.85. The first-order chi connectivity index (χ1) is 41.6. The minimum absolute atomic E-state index is 0. The molecule has 0 atom stereocenters. The van der Waals surface area contributed by atoms with Crippen molar-refractivity contribution < 1.29 is 80.4 Å². The molecule has 12 aromatic rings. The Morgan fingerprint density at radius 2 is 0.685 bits per heavy atom. The van der Waals surface area contributed by atoms with Gasteiger partial charge in [-0.3, -0.25) is 0 Å². The van der Waals surface area contributed by atoms with Gasteiger partial charge in [0.05, 0.1) is 32.3 Å². The van der Waals surface area contributed by atoms with Crippen LogP contribution in [0.2, 0.25) is 78.6 Å². The van der Waals surface area contributed by atoms with Crippen LogP contribution in [0.4, 0.5) is 0 Å². The van der Waals surface area contributed by atoms with Crippen LogP contribution in [0.15, 0.2) is 195 Å². The smallest absolute Gasteiger partial charge is 0.0799 e. The Morgan fingerprint density at radius 3 is 1.07 bits per heavy atom. The number of hydrogen-bond donors (Lipinski definition) is 0. The number of fused-ring (bicyclic) bond motifs is 4. The molecule has 92 heavy (non-hydrogen) atoms. The van der Waals surface area contributed by atoms with Gasteiger partial charge in [0.2, 0.25) is 0 Å². The molecule has 0 saturated heterocycles. The van der Waals surface area contributed by atoms with E-state index in [4.69, 9.17) is 19.9 Å². The number of aryl methyl sites for hydroxylation is 2. The van der Waals surface area contributed by atoms with Gasteiger partial charge in [-0.25, -0.2) is 0 Å². The van der Waals surface area contributed by atoms with E-state index in [-0.39, 0.29) is 80.4 Å². The van der Waals surface area contributed by atoms with Crippen molar-refractivity contribution in [1.29, 1.82) is 0 Å². The number of benzene rings is 8. The van der Waals surface area contributed by atoms with Crippen LogP contribution in [0, 0.1) is 38.1 Å². The van der Waals surface area contributed by atoms with Crippen LogP contribution in [0.25, 0.3) is 88.1 Å². The van der Waals surface area contributed by atoms with E-state index >= 15 is 0 Å². The van der Waals surface area contributed by atoms with Crippen molar-refractivity contribution in [3.05, 3.63) is 241 Å². The standard InChI is InChI=1S/2C21H24NSi.2C19H20NSi.4Ir/c1-15(2)19-13-20(22-14-21(19)23(3,4)5)18-11-10-16-8-6-7-9-17(16)12-18;1-15(2)20-13-19(23(3,4)5)14-22-21(20)18-11-10-16-8-6-7-9-17(16)12-18;1-14-11-18(21(2,3)4)13-20-19(14)17-10-9-15-7-5-6-8-16(15)12-17;1-14-19(21(2,3)4)12-11-18(20-14)17-10-9-15-7-5-6-8-16(15)13-17;;;;/h2*6-10,12-15H,1-5H3;2*5-9,11-13H,1-4H3;;;;/q4*-1;;;;. The van der Waals surface area contributed by atoms with Gasteiger partial charge in [0.1, 0.15) is 0 Å². The van der Waals surface area contributed by atoms with Crippen molar-refractivity contribution in [3.8, 4) is 45.0 Å². The van der Waals surface area contributed by atoms with Gasteiger partial charge < -0.3 is 19.9 Å². The first-order valence-electron chi connectivity index (χ1n) is 31.2. The third kappa shape index (κ3) is 19.5. The molecule has 4 heterocycles. The van der Waals surface area contributed by atoms with Crippen LogP contribution in [0.3, 0.4) is 0 Å². The first kappa shape index (κ1) is 77.6. The largest absolute Gasteiger partial charge is 0.305 e. The summed E-state index contributed by atoms with van der Waals surface area (Å²) in [4.78, 5) is 19.2. The minimum atomic E-state index is -1.38. The van der Waals surface area contributed by atoms with E-state index in [0.717, 1.165) is 50.7 Å². The molecule has 4 radical (unpaired) electrons. The molecular weight excluding hydrogens is 1900 g/mol. The average molecular weight is 1990 g/mol. The first-order valence-corrected chi connectivity index (χ1v) is 45.2. The molecule has 0 saturated carbocycles. The van der Waals surface area contributed by atoms with E-state index in [9.17, 15) is 0 Å². The summed E-state index contributed by atoms with van der Waals surface area (Å²) in [5, 5.41) is 15.6. The number of hydrogen-bond acceptors (Lipinski definition) is 4. The van der Waals surface area contributed by atoms with E-state index < -0.39 is 32.3 Å². The molecule has 0 aliphatic rings. The molecule has 0 aliphatic heterocycles. The Bertz CT molecular complexity index is 4450. The third-order valence-corrected chi connectivity index (χ3v) is 24.6. The molecular formula is C80H88Ir4N4Si4-4. The summed E-state index contributed by atoms with van der Waals surface area (Å²) in [5.74, 6) is 0.965. The monoisotopic (exact) mass is 1990 g/mol. The molecule has 0 bridgehead atoms. The molecule has 12 heteroatoms. The molecule has 484 valence electrons. The normalized spacial score (nSPS) is 11.4. The van der Waals surface area contributed by atoms with Crippen molar-refractivity contribution in [2.45, 2.75) is 132 Å². The molecule has 4 nitrogen and oxygen atoms in total. The maximum absolute atomic E-state index is 4.85. The number of pyridine rings is 4. The Kier molecular flexibility index (Phi) is 27.8. The molecule has 4 aromatic heterocycles. The molecule has 8 aromatic carbocycles. The van der Waals surface area contributed by atoms with Crippen molar-refractivity contribution in [3.63, 3.8) is 0 Å². The van der Waals surface area contributed by atoms with Crippen LogP contribution in [0.1, 0.15) is 61.9 Å². The molecule has 0 N–H and O–H groups in total. The Morgan fingerprint density at radius 1 is 0.326 bits per heavy atom. The Balaban J connectivity index is 0.000000220. The van der Waals surface area contributed by atoms with Crippen LogP contribution < -0.4 is 20.7 Å². The van der Waals surface area contributed by atoms with E-state index in [1.54, 1.807) is 0 Å².